The number of Topliss-reactive ketones (excluding diaryl/α,β-unsaturated/α-hetero) is 2. The standard InChI is InChI=1S/C29H30N2O4/c1-3-27(21(2)32)34-24-14-9-11-22(19-24)20-31(29-30-25-15-7-8-17-28(25)35-29)18-10-16-26(33)23-12-5-4-6-13-23/h4-9,11-15,17,19,27H,3,10,16,18,20H2,1-2H3. The molecule has 6 nitrogen and oxygen atoms in total. The first kappa shape index (κ1) is 24.2. The first-order valence-electron chi connectivity index (χ1n) is 12.0. The van der Waals surface area contributed by atoms with Crippen LogP contribution in [0.25, 0.3) is 11.1 Å². The summed E-state index contributed by atoms with van der Waals surface area (Å²) < 4.78 is 12.0. The Morgan fingerprint density at radius 2 is 1.77 bits per heavy atom. The minimum absolute atomic E-state index is 0.00842. The second-order valence-electron chi connectivity index (χ2n) is 8.55. The maximum Gasteiger partial charge on any atom is 0.298 e. The average Bonchev–Trinajstić information content (AvgIpc) is 3.31. The molecule has 1 aromatic heterocycles. The number of carbonyl (C=O) groups excluding carboxylic acids is 2. The minimum Gasteiger partial charge on any atom is -0.483 e. The predicted octanol–water partition coefficient (Wildman–Crippen LogP) is 6.24. The number of anilines is 1. The lowest BCUT2D eigenvalue weighted by Crippen LogP contribution is -2.25. The number of hydrogen-bond acceptors (Lipinski definition) is 6. The highest BCUT2D eigenvalue weighted by atomic mass is 16.5. The molecule has 1 unspecified atom stereocenters. The van der Waals surface area contributed by atoms with Gasteiger partial charge in [-0.25, -0.2) is 0 Å². The molecular formula is C29H30N2O4. The highest BCUT2D eigenvalue weighted by Gasteiger charge is 2.17. The van der Waals surface area contributed by atoms with Crippen LogP contribution < -0.4 is 9.64 Å². The van der Waals surface area contributed by atoms with Gasteiger partial charge in [-0.1, -0.05) is 61.5 Å². The zero-order valence-electron chi connectivity index (χ0n) is 20.1. The summed E-state index contributed by atoms with van der Waals surface area (Å²) in [5.74, 6) is 0.781. The summed E-state index contributed by atoms with van der Waals surface area (Å²) in [6.45, 7) is 4.60. The molecule has 0 saturated heterocycles. The lowest BCUT2D eigenvalue weighted by atomic mass is 10.1. The van der Waals surface area contributed by atoms with E-state index < -0.39 is 6.10 Å². The Hall–Kier alpha value is -3.93. The molecule has 0 fully saturated rings. The van der Waals surface area contributed by atoms with E-state index in [4.69, 9.17) is 9.15 Å². The van der Waals surface area contributed by atoms with E-state index >= 15 is 0 Å². The molecule has 0 aliphatic heterocycles. The highest BCUT2D eigenvalue weighted by molar-refractivity contribution is 5.96. The van der Waals surface area contributed by atoms with Crippen molar-refractivity contribution in [3.63, 3.8) is 0 Å². The van der Waals surface area contributed by atoms with Gasteiger partial charge in [0.05, 0.1) is 0 Å². The van der Waals surface area contributed by atoms with E-state index in [1.807, 2.05) is 90.7 Å². The Morgan fingerprint density at radius 3 is 2.51 bits per heavy atom. The van der Waals surface area contributed by atoms with E-state index in [1.54, 1.807) is 6.92 Å². The van der Waals surface area contributed by atoms with Crippen molar-refractivity contribution in [2.24, 2.45) is 0 Å². The molecular weight excluding hydrogens is 440 g/mol. The Balaban J connectivity index is 1.51. The molecule has 4 aromatic rings. The number of nitrogens with zero attached hydrogens (tertiary/aromatic N) is 2. The SMILES string of the molecule is CCC(Oc1cccc(CN(CCCC(=O)c2ccccc2)c2nc3ccccc3o2)c1)C(C)=O. The fourth-order valence-electron chi connectivity index (χ4n) is 3.99. The summed E-state index contributed by atoms with van der Waals surface area (Å²) in [6, 6.07) is 25.2. The van der Waals surface area contributed by atoms with Gasteiger partial charge in [-0.05, 0) is 49.6 Å². The monoisotopic (exact) mass is 470 g/mol. The van der Waals surface area contributed by atoms with E-state index in [9.17, 15) is 9.59 Å². The average molecular weight is 471 g/mol. The van der Waals surface area contributed by atoms with Crippen LogP contribution in [0, 0.1) is 0 Å². The number of ether oxygens (including phenoxy) is 1. The van der Waals surface area contributed by atoms with Gasteiger partial charge < -0.3 is 14.1 Å². The van der Waals surface area contributed by atoms with Gasteiger partial charge in [-0.2, -0.15) is 4.98 Å². The molecule has 0 bridgehead atoms. The second kappa shape index (κ2) is 11.5. The largest absolute Gasteiger partial charge is 0.483 e. The number of aromatic nitrogens is 1. The van der Waals surface area contributed by atoms with Crippen LogP contribution in [0.15, 0.2) is 83.3 Å². The van der Waals surface area contributed by atoms with E-state index in [-0.39, 0.29) is 11.6 Å². The quantitative estimate of drug-likeness (QED) is 0.228. The number of rotatable bonds is 12. The molecule has 180 valence electrons. The third-order valence-electron chi connectivity index (χ3n) is 5.86. The normalized spacial score (nSPS) is 11.8. The fourth-order valence-corrected chi connectivity index (χ4v) is 3.99. The third-order valence-corrected chi connectivity index (χ3v) is 5.86. The van der Waals surface area contributed by atoms with Crippen molar-refractivity contribution < 1.29 is 18.7 Å². The van der Waals surface area contributed by atoms with E-state index in [1.165, 1.54) is 0 Å². The summed E-state index contributed by atoms with van der Waals surface area (Å²) in [7, 11) is 0. The molecule has 35 heavy (non-hydrogen) atoms. The summed E-state index contributed by atoms with van der Waals surface area (Å²) in [5, 5.41) is 0. The van der Waals surface area contributed by atoms with Crippen LogP contribution in [-0.2, 0) is 11.3 Å². The molecule has 0 amide bonds. The fraction of sp³-hybridized carbons (Fsp3) is 0.276. The van der Waals surface area contributed by atoms with Crippen LogP contribution in [0.5, 0.6) is 5.75 Å². The van der Waals surface area contributed by atoms with Crippen LogP contribution >= 0.6 is 0 Å². The molecule has 1 heterocycles. The molecule has 1 atom stereocenters. The lowest BCUT2D eigenvalue weighted by molar-refractivity contribution is -0.123. The predicted molar refractivity (Wildman–Crippen MR) is 137 cm³/mol. The van der Waals surface area contributed by atoms with Crippen molar-refractivity contribution in [3.05, 3.63) is 90.0 Å². The van der Waals surface area contributed by atoms with Crippen molar-refractivity contribution in [2.75, 3.05) is 11.4 Å². The maximum absolute atomic E-state index is 12.6. The second-order valence-corrected chi connectivity index (χ2v) is 8.55. The smallest absolute Gasteiger partial charge is 0.298 e. The lowest BCUT2D eigenvalue weighted by Gasteiger charge is -2.21. The molecule has 0 saturated carbocycles. The number of fused-ring (bicyclic) bond motifs is 1. The number of carbonyl (C=O) groups is 2. The number of ketones is 2. The van der Waals surface area contributed by atoms with Crippen LogP contribution in [-0.4, -0.2) is 29.2 Å². The number of oxazole rings is 1. The van der Waals surface area contributed by atoms with Gasteiger partial charge in [0, 0.05) is 25.1 Å². The number of hydrogen-bond donors (Lipinski definition) is 0. The van der Waals surface area contributed by atoms with Crippen LogP contribution in [0.2, 0.25) is 0 Å². The zero-order valence-corrected chi connectivity index (χ0v) is 20.1. The summed E-state index contributed by atoms with van der Waals surface area (Å²) in [4.78, 5) is 31.1. The third kappa shape index (κ3) is 6.35. The molecule has 3 aromatic carbocycles. The Kier molecular flexibility index (Phi) is 7.93. The van der Waals surface area contributed by atoms with E-state index in [2.05, 4.69) is 4.98 Å². The Morgan fingerprint density at radius 1 is 1.00 bits per heavy atom. The zero-order chi connectivity index (χ0) is 24.6. The summed E-state index contributed by atoms with van der Waals surface area (Å²) in [5.41, 5.74) is 3.23. The van der Waals surface area contributed by atoms with Crippen molar-refractivity contribution in [3.8, 4) is 5.75 Å². The van der Waals surface area contributed by atoms with Gasteiger partial charge in [0.15, 0.2) is 23.3 Å². The molecule has 0 spiro atoms. The van der Waals surface area contributed by atoms with Crippen LogP contribution in [0.1, 0.15) is 49.0 Å². The van der Waals surface area contributed by atoms with Crippen molar-refractivity contribution in [1.29, 1.82) is 0 Å². The van der Waals surface area contributed by atoms with Crippen molar-refractivity contribution in [1.82, 2.24) is 4.98 Å². The summed E-state index contributed by atoms with van der Waals surface area (Å²) in [6.07, 6.45) is 1.25. The van der Waals surface area contributed by atoms with Gasteiger partial charge >= 0.3 is 0 Å². The number of benzene rings is 3. The molecule has 0 aliphatic rings. The number of para-hydroxylation sites is 2. The van der Waals surface area contributed by atoms with Crippen LogP contribution in [0.3, 0.4) is 0 Å². The Bertz CT molecular complexity index is 1250. The van der Waals surface area contributed by atoms with E-state index in [0.717, 1.165) is 22.2 Å². The van der Waals surface area contributed by atoms with Crippen LogP contribution in [0.4, 0.5) is 6.01 Å². The molecule has 6 heteroatoms. The summed E-state index contributed by atoms with van der Waals surface area (Å²) >= 11 is 0. The van der Waals surface area contributed by atoms with Gasteiger partial charge in [-0.3, -0.25) is 9.59 Å². The minimum atomic E-state index is -0.456. The van der Waals surface area contributed by atoms with Gasteiger partial charge in [0.2, 0.25) is 0 Å². The molecule has 4 rings (SSSR count). The molecule has 0 radical (unpaired) electrons. The van der Waals surface area contributed by atoms with Gasteiger partial charge in [0.1, 0.15) is 11.3 Å². The molecule has 0 aliphatic carbocycles. The van der Waals surface area contributed by atoms with E-state index in [0.29, 0.717) is 44.1 Å². The first-order valence-corrected chi connectivity index (χ1v) is 12.0. The Labute approximate surface area is 205 Å². The first-order chi connectivity index (χ1) is 17.0. The van der Waals surface area contributed by atoms with Gasteiger partial charge in [-0.15, -0.1) is 0 Å². The van der Waals surface area contributed by atoms with Gasteiger partial charge in [0.25, 0.3) is 6.01 Å². The topological polar surface area (TPSA) is 72.6 Å². The molecule has 0 N–H and O–H groups in total. The van der Waals surface area contributed by atoms with Crippen molar-refractivity contribution in [2.45, 2.75) is 45.8 Å². The highest BCUT2D eigenvalue weighted by Crippen LogP contribution is 2.25. The maximum atomic E-state index is 12.6. The van der Waals surface area contributed by atoms with Crippen molar-refractivity contribution >= 4 is 28.7 Å².